The van der Waals surface area contributed by atoms with Crippen LogP contribution < -0.4 is 10.2 Å². The van der Waals surface area contributed by atoms with Gasteiger partial charge in [-0.25, -0.2) is 4.79 Å². The number of hydrogen-bond acceptors (Lipinski definition) is 4. The van der Waals surface area contributed by atoms with E-state index in [2.05, 4.69) is 10.5 Å². The van der Waals surface area contributed by atoms with E-state index in [0.29, 0.717) is 12.3 Å². The monoisotopic (exact) mass is 334 g/mol. The van der Waals surface area contributed by atoms with Gasteiger partial charge >= 0.3 is 5.97 Å². The number of carboxylic acids is 1. The molecule has 3 aromatic rings. The summed E-state index contributed by atoms with van der Waals surface area (Å²) in [6.07, 6.45) is 1.66. The zero-order chi connectivity index (χ0) is 17.6. The third-order valence-corrected chi connectivity index (χ3v) is 3.77. The van der Waals surface area contributed by atoms with Gasteiger partial charge in [0, 0.05) is 5.56 Å². The first-order valence-electron chi connectivity index (χ1n) is 7.96. The summed E-state index contributed by atoms with van der Waals surface area (Å²) in [6.45, 7) is 2.48. The fourth-order valence-electron chi connectivity index (χ4n) is 2.62. The van der Waals surface area contributed by atoms with Gasteiger partial charge in [0.05, 0.1) is 24.1 Å². The molecule has 5 heteroatoms. The number of nitrogens with zero attached hydrogens (tertiary/aromatic N) is 1. The van der Waals surface area contributed by atoms with Gasteiger partial charge in [-0.3, -0.25) is 5.43 Å². The Morgan fingerprint density at radius 3 is 2.68 bits per heavy atom. The van der Waals surface area contributed by atoms with Crippen molar-refractivity contribution in [1.82, 2.24) is 0 Å². The zero-order valence-corrected chi connectivity index (χ0v) is 13.8. The molecule has 0 aromatic heterocycles. The number of anilines is 1. The van der Waals surface area contributed by atoms with Gasteiger partial charge in [0.15, 0.2) is 0 Å². The van der Waals surface area contributed by atoms with E-state index >= 15 is 0 Å². The quantitative estimate of drug-likeness (QED) is 0.518. The fraction of sp³-hybridized carbons (Fsp3) is 0.100. The van der Waals surface area contributed by atoms with Crippen LogP contribution in [0.1, 0.15) is 22.8 Å². The van der Waals surface area contributed by atoms with Crippen LogP contribution in [-0.4, -0.2) is 23.9 Å². The van der Waals surface area contributed by atoms with Crippen molar-refractivity contribution in [2.24, 2.45) is 5.10 Å². The van der Waals surface area contributed by atoms with E-state index in [0.717, 1.165) is 22.1 Å². The maximum Gasteiger partial charge on any atom is 0.337 e. The Morgan fingerprint density at radius 1 is 1.12 bits per heavy atom. The summed E-state index contributed by atoms with van der Waals surface area (Å²) >= 11 is 0. The molecule has 0 aliphatic carbocycles. The van der Waals surface area contributed by atoms with Gasteiger partial charge < -0.3 is 9.84 Å². The van der Waals surface area contributed by atoms with Gasteiger partial charge in [0.1, 0.15) is 5.75 Å². The summed E-state index contributed by atoms with van der Waals surface area (Å²) in [5.41, 5.74) is 4.26. The standard InChI is InChI=1S/C20H18N2O3/c1-2-25-19-12-11-14-7-3-4-8-15(14)17(19)13-21-22-18-10-6-5-9-16(18)20(23)24/h3-13,22H,2H2,1H3,(H,23,24)/b21-13+. The average molecular weight is 334 g/mol. The van der Waals surface area contributed by atoms with Crippen LogP contribution >= 0.6 is 0 Å². The minimum atomic E-state index is -1.00. The number of hydrazone groups is 1. The molecule has 0 heterocycles. The number of para-hydroxylation sites is 1. The Bertz CT molecular complexity index is 935. The van der Waals surface area contributed by atoms with Crippen LogP contribution in [0, 0.1) is 0 Å². The predicted octanol–water partition coefficient (Wildman–Crippen LogP) is 4.38. The number of aromatic carboxylic acids is 1. The van der Waals surface area contributed by atoms with Crippen LogP contribution in [0.25, 0.3) is 10.8 Å². The lowest BCUT2D eigenvalue weighted by molar-refractivity contribution is 0.0698. The van der Waals surface area contributed by atoms with E-state index in [4.69, 9.17) is 4.74 Å². The first-order valence-corrected chi connectivity index (χ1v) is 7.96. The van der Waals surface area contributed by atoms with E-state index in [1.54, 1.807) is 24.4 Å². The van der Waals surface area contributed by atoms with Crippen molar-refractivity contribution in [3.63, 3.8) is 0 Å². The van der Waals surface area contributed by atoms with Crippen molar-refractivity contribution in [3.05, 3.63) is 71.8 Å². The summed E-state index contributed by atoms with van der Waals surface area (Å²) in [6, 6.07) is 18.5. The van der Waals surface area contributed by atoms with E-state index in [1.807, 2.05) is 43.3 Å². The molecule has 0 aliphatic heterocycles. The van der Waals surface area contributed by atoms with Crippen molar-refractivity contribution in [3.8, 4) is 5.75 Å². The SMILES string of the molecule is CCOc1ccc2ccccc2c1/C=N/Nc1ccccc1C(=O)O. The Kier molecular flexibility index (Phi) is 4.95. The first kappa shape index (κ1) is 16.5. The molecule has 0 atom stereocenters. The second-order valence-electron chi connectivity index (χ2n) is 5.35. The minimum Gasteiger partial charge on any atom is -0.493 e. The number of fused-ring (bicyclic) bond motifs is 1. The van der Waals surface area contributed by atoms with Gasteiger partial charge in [-0.1, -0.05) is 42.5 Å². The summed E-state index contributed by atoms with van der Waals surface area (Å²) in [5, 5.41) is 15.6. The number of rotatable bonds is 6. The number of ether oxygens (including phenoxy) is 1. The molecule has 126 valence electrons. The molecule has 0 fully saturated rings. The molecule has 0 saturated heterocycles. The van der Waals surface area contributed by atoms with E-state index in [1.165, 1.54) is 6.07 Å². The van der Waals surface area contributed by atoms with Gasteiger partial charge in [-0.15, -0.1) is 0 Å². The molecule has 0 amide bonds. The largest absolute Gasteiger partial charge is 0.493 e. The van der Waals surface area contributed by atoms with Crippen LogP contribution in [0.4, 0.5) is 5.69 Å². The van der Waals surface area contributed by atoms with Crippen molar-refractivity contribution >= 4 is 28.6 Å². The second kappa shape index (κ2) is 7.49. The van der Waals surface area contributed by atoms with E-state index < -0.39 is 5.97 Å². The second-order valence-corrected chi connectivity index (χ2v) is 5.35. The first-order chi connectivity index (χ1) is 12.2. The highest BCUT2D eigenvalue weighted by Gasteiger charge is 2.09. The molecule has 3 aromatic carbocycles. The molecule has 0 unspecified atom stereocenters. The van der Waals surface area contributed by atoms with Crippen LogP contribution in [0.15, 0.2) is 65.8 Å². The highest BCUT2D eigenvalue weighted by Crippen LogP contribution is 2.27. The fourth-order valence-corrected chi connectivity index (χ4v) is 2.62. The highest BCUT2D eigenvalue weighted by atomic mass is 16.5. The van der Waals surface area contributed by atoms with E-state index in [-0.39, 0.29) is 5.56 Å². The maximum absolute atomic E-state index is 11.3. The minimum absolute atomic E-state index is 0.169. The topological polar surface area (TPSA) is 70.9 Å². The van der Waals surface area contributed by atoms with Crippen molar-refractivity contribution in [2.45, 2.75) is 6.92 Å². The lowest BCUT2D eigenvalue weighted by Gasteiger charge is -2.10. The number of nitrogens with one attached hydrogen (secondary N) is 1. The maximum atomic E-state index is 11.3. The Balaban J connectivity index is 1.96. The van der Waals surface area contributed by atoms with Gasteiger partial charge in [-0.2, -0.15) is 5.10 Å². The summed E-state index contributed by atoms with van der Waals surface area (Å²) in [5.74, 6) is -0.267. The summed E-state index contributed by atoms with van der Waals surface area (Å²) < 4.78 is 5.70. The van der Waals surface area contributed by atoms with Gasteiger partial charge in [0.25, 0.3) is 0 Å². The Hall–Kier alpha value is -3.34. The number of benzene rings is 3. The summed E-state index contributed by atoms with van der Waals surface area (Å²) in [7, 11) is 0. The average Bonchev–Trinajstić information content (AvgIpc) is 2.63. The molecular formula is C20H18N2O3. The third-order valence-electron chi connectivity index (χ3n) is 3.77. The molecule has 3 rings (SSSR count). The smallest absolute Gasteiger partial charge is 0.337 e. The van der Waals surface area contributed by atoms with Crippen molar-refractivity contribution < 1.29 is 14.6 Å². The molecule has 0 spiro atoms. The van der Waals surface area contributed by atoms with Crippen molar-refractivity contribution in [2.75, 3.05) is 12.0 Å². The molecule has 5 nitrogen and oxygen atoms in total. The Morgan fingerprint density at radius 2 is 1.88 bits per heavy atom. The van der Waals surface area contributed by atoms with Crippen LogP contribution in [0.3, 0.4) is 0 Å². The van der Waals surface area contributed by atoms with Crippen LogP contribution in [0.2, 0.25) is 0 Å². The number of carbonyl (C=O) groups is 1. The highest BCUT2D eigenvalue weighted by molar-refractivity contribution is 6.03. The molecule has 2 N–H and O–H groups in total. The lowest BCUT2D eigenvalue weighted by Crippen LogP contribution is -2.03. The third kappa shape index (κ3) is 3.61. The normalized spacial score (nSPS) is 10.9. The summed E-state index contributed by atoms with van der Waals surface area (Å²) in [4.78, 5) is 11.3. The molecular weight excluding hydrogens is 316 g/mol. The van der Waals surface area contributed by atoms with E-state index in [9.17, 15) is 9.90 Å². The number of carboxylic acid groups (broad SMARTS) is 1. The molecule has 0 saturated carbocycles. The van der Waals surface area contributed by atoms with Gasteiger partial charge in [0.2, 0.25) is 0 Å². The zero-order valence-electron chi connectivity index (χ0n) is 13.8. The molecule has 0 aliphatic rings. The molecule has 0 bridgehead atoms. The number of hydrogen-bond donors (Lipinski definition) is 2. The Labute approximate surface area is 145 Å². The van der Waals surface area contributed by atoms with Crippen molar-refractivity contribution in [1.29, 1.82) is 0 Å². The predicted molar refractivity (Wildman–Crippen MR) is 99.7 cm³/mol. The molecule has 25 heavy (non-hydrogen) atoms. The van der Waals surface area contributed by atoms with Crippen LogP contribution in [0.5, 0.6) is 5.75 Å². The van der Waals surface area contributed by atoms with Crippen LogP contribution in [-0.2, 0) is 0 Å². The lowest BCUT2D eigenvalue weighted by atomic mass is 10.0. The molecule has 0 radical (unpaired) electrons. The van der Waals surface area contributed by atoms with Gasteiger partial charge in [-0.05, 0) is 35.9 Å².